The Balaban J connectivity index is 1.65. The third-order valence-corrected chi connectivity index (χ3v) is 4.86. The van der Waals surface area contributed by atoms with Crippen molar-refractivity contribution in [3.63, 3.8) is 0 Å². The Kier molecular flexibility index (Phi) is 5.98. The van der Waals surface area contributed by atoms with Gasteiger partial charge in [-0.1, -0.05) is 11.6 Å². The number of urea groups is 1. The van der Waals surface area contributed by atoms with E-state index in [4.69, 9.17) is 16.3 Å². The van der Waals surface area contributed by atoms with Gasteiger partial charge in [0.1, 0.15) is 5.82 Å². The predicted octanol–water partition coefficient (Wildman–Crippen LogP) is 2.71. The van der Waals surface area contributed by atoms with Crippen LogP contribution in [0.4, 0.5) is 14.9 Å². The Hall–Kier alpha value is -2.16. The zero-order chi connectivity index (χ0) is 19.6. The van der Waals surface area contributed by atoms with E-state index < -0.39 is 11.8 Å². The SMILES string of the molecule is Cc1cc(F)c(NC(=O)NC[C@@H]2OCCN(C)[C@H]2c2cnn(C)c2)c(Cl)c1. The lowest BCUT2D eigenvalue weighted by molar-refractivity contribution is -0.0600. The van der Waals surface area contributed by atoms with E-state index in [1.807, 2.05) is 20.3 Å². The molecule has 27 heavy (non-hydrogen) atoms. The number of benzene rings is 1. The van der Waals surface area contributed by atoms with Crippen molar-refractivity contribution in [3.8, 4) is 0 Å². The van der Waals surface area contributed by atoms with Gasteiger partial charge in [-0.15, -0.1) is 0 Å². The van der Waals surface area contributed by atoms with Gasteiger partial charge in [0.15, 0.2) is 0 Å². The van der Waals surface area contributed by atoms with E-state index in [0.717, 1.165) is 12.1 Å². The van der Waals surface area contributed by atoms with Crippen molar-refractivity contribution >= 4 is 23.3 Å². The van der Waals surface area contributed by atoms with Crippen LogP contribution >= 0.6 is 11.6 Å². The number of hydrogen-bond donors (Lipinski definition) is 2. The summed E-state index contributed by atoms with van der Waals surface area (Å²) in [6.45, 7) is 3.35. The lowest BCUT2D eigenvalue weighted by Gasteiger charge is -2.38. The highest BCUT2D eigenvalue weighted by Crippen LogP contribution is 2.28. The van der Waals surface area contributed by atoms with E-state index in [1.165, 1.54) is 6.07 Å². The fourth-order valence-electron chi connectivity index (χ4n) is 3.26. The Bertz CT molecular complexity index is 805. The molecule has 0 aliphatic carbocycles. The number of halogens is 2. The van der Waals surface area contributed by atoms with Crippen molar-refractivity contribution in [3.05, 3.63) is 46.5 Å². The van der Waals surface area contributed by atoms with Crippen LogP contribution in [0.2, 0.25) is 5.02 Å². The van der Waals surface area contributed by atoms with Gasteiger partial charge >= 0.3 is 6.03 Å². The van der Waals surface area contributed by atoms with Crippen LogP contribution in [0.25, 0.3) is 0 Å². The minimum Gasteiger partial charge on any atom is -0.373 e. The second-order valence-electron chi connectivity index (χ2n) is 6.72. The van der Waals surface area contributed by atoms with Crippen LogP contribution in [0.5, 0.6) is 0 Å². The van der Waals surface area contributed by atoms with Gasteiger partial charge in [0.05, 0.1) is 35.7 Å². The van der Waals surface area contributed by atoms with Gasteiger partial charge in [-0.25, -0.2) is 9.18 Å². The molecule has 1 aliphatic rings. The van der Waals surface area contributed by atoms with E-state index in [-0.39, 0.29) is 29.4 Å². The van der Waals surface area contributed by atoms with Crippen molar-refractivity contribution < 1.29 is 13.9 Å². The smallest absolute Gasteiger partial charge is 0.319 e. The molecule has 0 spiro atoms. The molecule has 0 saturated carbocycles. The number of likely N-dealkylation sites (N-methyl/N-ethyl adjacent to an activating group) is 1. The second-order valence-corrected chi connectivity index (χ2v) is 7.13. The van der Waals surface area contributed by atoms with Crippen LogP contribution in [0.15, 0.2) is 24.5 Å². The first-order valence-electron chi connectivity index (χ1n) is 8.66. The molecule has 2 amide bonds. The summed E-state index contributed by atoms with van der Waals surface area (Å²) in [5.41, 5.74) is 1.66. The average Bonchev–Trinajstić information content (AvgIpc) is 3.02. The largest absolute Gasteiger partial charge is 0.373 e. The molecule has 0 radical (unpaired) electrons. The molecule has 7 nitrogen and oxygen atoms in total. The van der Waals surface area contributed by atoms with Gasteiger partial charge in [-0.2, -0.15) is 5.10 Å². The first-order chi connectivity index (χ1) is 12.8. The van der Waals surface area contributed by atoms with E-state index in [1.54, 1.807) is 23.9 Å². The lowest BCUT2D eigenvalue weighted by Crippen LogP contribution is -2.48. The number of aromatic nitrogens is 2. The molecule has 0 bridgehead atoms. The molecule has 1 aliphatic heterocycles. The molecule has 2 heterocycles. The molecule has 2 aromatic rings. The Labute approximate surface area is 162 Å². The normalized spacial score (nSPS) is 20.5. The number of anilines is 1. The summed E-state index contributed by atoms with van der Waals surface area (Å²) in [5, 5.41) is 9.59. The monoisotopic (exact) mass is 395 g/mol. The number of carbonyl (C=O) groups excluding carboxylic acids is 1. The number of aryl methyl sites for hydroxylation is 2. The molecule has 146 valence electrons. The molecule has 1 aromatic carbocycles. The number of rotatable bonds is 4. The van der Waals surface area contributed by atoms with Crippen LogP contribution < -0.4 is 10.6 Å². The van der Waals surface area contributed by atoms with Crippen LogP contribution in [0.3, 0.4) is 0 Å². The first kappa shape index (κ1) is 19.6. The third kappa shape index (κ3) is 4.58. The number of nitrogens with one attached hydrogen (secondary N) is 2. The average molecular weight is 396 g/mol. The number of hydrogen-bond acceptors (Lipinski definition) is 4. The lowest BCUT2D eigenvalue weighted by atomic mass is 10.0. The molecule has 2 N–H and O–H groups in total. The highest BCUT2D eigenvalue weighted by atomic mass is 35.5. The van der Waals surface area contributed by atoms with Crippen LogP contribution in [0, 0.1) is 12.7 Å². The minimum absolute atomic E-state index is 0.0348. The zero-order valence-electron chi connectivity index (χ0n) is 15.5. The van der Waals surface area contributed by atoms with Crippen molar-refractivity contribution in [1.82, 2.24) is 20.0 Å². The van der Waals surface area contributed by atoms with Gasteiger partial charge in [0, 0.05) is 31.9 Å². The maximum absolute atomic E-state index is 14.0. The van der Waals surface area contributed by atoms with Gasteiger partial charge in [-0.3, -0.25) is 9.58 Å². The van der Waals surface area contributed by atoms with E-state index >= 15 is 0 Å². The van der Waals surface area contributed by atoms with Crippen molar-refractivity contribution in [2.75, 3.05) is 32.1 Å². The standard InChI is InChI=1S/C18H23ClFN5O2/c1-11-6-13(19)16(14(20)7-11)23-18(26)21-9-15-17(24(2)4-5-27-15)12-8-22-25(3)10-12/h6-8,10,15,17H,4-5,9H2,1-3H3,(H2,21,23,26)/t15-,17-/m0/s1. The number of carbonyl (C=O) groups is 1. The summed E-state index contributed by atoms with van der Waals surface area (Å²) in [7, 11) is 3.86. The Morgan fingerprint density at radius 2 is 2.22 bits per heavy atom. The molecule has 9 heteroatoms. The van der Waals surface area contributed by atoms with Crippen LogP contribution in [-0.4, -0.2) is 53.6 Å². The number of nitrogens with zero attached hydrogens (tertiary/aromatic N) is 3. The van der Waals surface area contributed by atoms with Crippen LogP contribution in [0.1, 0.15) is 17.2 Å². The molecular formula is C18H23ClFN5O2. The predicted molar refractivity (Wildman–Crippen MR) is 101 cm³/mol. The highest BCUT2D eigenvalue weighted by Gasteiger charge is 2.32. The third-order valence-electron chi connectivity index (χ3n) is 4.56. The van der Waals surface area contributed by atoms with Gasteiger partial charge < -0.3 is 15.4 Å². The molecular weight excluding hydrogens is 373 g/mol. The highest BCUT2D eigenvalue weighted by molar-refractivity contribution is 6.33. The summed E-state index contributed by atoms with van der Waals surface area (Å²) in [4.78, 5) is 14.4. The van der Waals surface area contributed by atoms with E-state index in [2.05, 4.69) is 20.6 Å². The Morgan fingerprint density at radius 3 is 2.89 bits per heavy atom. The minimum atomic E-state index is -0.572. The van der Waals surface area contributed by atoms with E-state index in [9.17, 15) is 9.18 Å². The number of ether oxygens (including phenoxy) is 1. The van der Waals surface area contributed by atoms with Gasteiger partial charge in [-0.05, 0) is 31.7 Å². The van der Waals surface area contributed by atoms with Gasteiger partial charge in [0.2, 0.25) is 0 Å². The van der Waals surface area contributed by atoms with Crippen molar-refractivity contribution in [2.45, 2.75) is 19.1 Å². The molecule has 1 fully saturated rings. The summed E-state index contributed by atoms with van der Waals surface area (Å²) < 4.78 is 21.6. The quantitative estimate of drug-likeness (QED) is 0.835. The maximum Gasteiger partial charge on any atom is 0.319 e. The molecule has 2 atom stereocenters. The van der Waals surface area contributed by atoms with E-state index in [0.29, 0.717) is 12.2 Å². The molecule has 3 rings (SSSR count). The van der Waals surface area contributed by atoms with Gasteiger partial charge in [0.25, 0.3) is 0 Å². The van der Waals surface area contributed by atoms with Crippen LogP contribution in [-0.2, 0) is 11.8 Å². The van der Waals surface area contributed by atoms with Crippen molar-refractivity contribution in [1.29, 1.82) is 0 Å². The Morgan fingerprint density at radius 1 is 1.44 bits per heavy atom. The topological polar surface area (TPSA) is 71.4 Å². The first-order valence-corrected chi connectivity index (χ1v) is 9.04. The molecule has 1 saturated heterocycles. The van der Waals surface area contributed by atoms with Crippen molar-refractivity contribution in [2.24, 2.45) is 7.05 Å². The molecule has 1 aromatic heterocycles. The number of amides is 2. The number of morpholine rings is 1. The fraction of sp³-hybridized carbons (Fsp3) is 0.444. The summed E-state index contributed by atoms with van der Waals surface area (Å²) in [5.74, 6) is -0.572. The zero-order valence-corrected chi connectivity index (χ0v) is 16.3. The summed E-state index contributed by atoms with van der Waals surface area (Å²) in [6.07, 6.45) is 3.48. The molecule has 0 unspecified atom stereocenters. The summed E-state index contributed by atoms with van der Waals surface area (Å²) >= 11 is 6.03. The summed E-state index contributed by atoms with van der Waals surface area (Å²) in [6, 6.07) is 2.34. The second kappa shape index (κ2) is 8.24. The fourth-order valence-corrected chi connectivity index (χ4v) is 3.57. The maximum atomic E-state index is 14.0.